The standard InChI is InChI=1S/C29H21F3N2O5/c1-36-26-15-23-24(16-27(26)37-2)33-11-10-25(23)38-21-9-8-17-6-7-18(12-19(17)13-21)28(35)34-20-4-3-5-22(14-20)39-29(30,31)32/h3-16H,1-2H3,(H,34,35). The van der Waals surface area contributed by atoms with Gasteiger partial charge in [0.05, 0.1) is 19.7 Å². The summed E-state index contributed by atoms with van der Waals surface area (Å²) < 4.78 is 58.4. The van der Waals surface area contributed by atoms with Gasteiger partial charge in [0.1, 0.15) is 17.2 Å². The van der Waals surface area contributed by atoms with E-state index in [1.807, 2.05) is 6.07 Å². The summed E-state index contributed by atoms with van der Waals surface area (Å²) in [5, 5.41) is 4.91. The predicted octanol–water partition coefficient (Wildman–Crippen LogP) is 7.35. The molecule has 1 aromatic heterocycles. The van der Waals surface area contributed by atoms with Crippen molar-refractivity contribution >= 4 is 33.3 Å². The number of carbonyl (C=O) groups excluding carboxylic acids is 1. The van der Waals surface area contributed by atoms with Crippen molar-refractivity contribution in [2.45, 2.75) is 6.36 Å². The molecule has 0 saturated heterocycles. The number of amides is 1. The molecule has 0 aliphatic carbocycles. The zero-order valence-electron chi connectivity index (χ0n) is 20.7. The number of halogens is 3. The average molecular weight is 534 g/mol. The summed E-state index contributed by atoms with van der Waals surface area (Å²) in [6.07, 6.45) is -3.20. The molecule has 4 aromatic carbocycles. The fraction of sp³-hybridized carbons (Fsp3) is 0.103. The third kappa shape index (κ3) is 5.80. The minimum atomic E-state index is -4.83. The SMILES string of the molecule is COc1cc2nccc(Oc3ccc4ccc(C(=O)Nc5cccc(OC(F)(F)F)c5)cc4c3)c2cc1OC. The van der Waals surface area contributed by atoms with Crippen molar-refractivity contribution in [2.24, 2.45) is 0 Å². The first kappa shape index (κ1) is 25.7. The van der Waals surface area contributed by atoms with Gasteiger partial charge in [-0.2, -0.15) is 0 Å². The molecule has 5 aromatic rings. The first-order valence-electron chi connectivity index (χ1n) is 11.6. The molecule has 1 heterocycles. The van der Waals surface area contributed by atoms with Gasteiger partial charge in [-0.25, -0.2) is 0 Å². The Kier molecular flexibility index (Phi) is 6.84. The van der Waals surface area contributed by atoms with E-state index in [2.05, 4.69) is 15.0 Å². The van der Waals surface area contributed by atoms with Crippen LogP contribution in [0.25, 0.3) is 21.7 Å². The van der Waals surface area contributed by atoms with E-state index in [9.17, 15) is 18.0 Å². The zero-order valence-corrected chi connectivity index (χ0v) is 20.7. The smallest absolute Gasteiger partial charge is 0.493 e. The number of anilines is 1. The van der Waals surface area contributed by atoms with Crippen molar-refractivity contribution in [1.82, 2.24) is 4.98 Å². The molecule has 0 atom stereocenters. The molecular formula is C29H21F3N2O5. The molecule has 0 radical (unpaired) electrons. The van der Waals surface area contributed by atoms with E-state index in [1.54, 1.807) is 68.9 Å². The van der Waals surface area contributed by atoms with Crippen LogP contribution in [-0.2, 0) is 0 Å². The topological polar surface area (TPSA) is 78.9 Å². The lowest BCUT2D eigenvalue weighted by Gasteiger charge is -2.13. The fourth-order valence-corrected chi connectivity index (χ4v) is 4.07. The lowest BCUT2D eigenvalue weighted by molar-refractivity contribution is -0.274. The first-order valence-corrected chi connectivity index (χ1v) is 11.6. The highest BCUT2D eigenvalue weighted by molar-refractivity contribution is 6.06. The summed E-state index contributed by atoms with van der Waals surface area (Å²) in [5.74, 6) is 1.24. The molecule has 5 rings (SSSR count). The van der Waals surface area contributed by atoms with Crippen LogP contribution in [-0.4, -0.2) is 31.5 Å². The van der Waals surface area contributed by atoms with Gasteiger partial charge in [0, 0.05) is 35.0 Å². The predicted molar refractivity (Wildman–Crippen MR) is 140 cm³/mol. The number of fused-ring (bicyclic) bond motifs is 2. The second-order valence-electron chi connectivity index (χ2n) is 8.39. The Morgan fingerprint density at radius 1 is 0.795 bits per heavy atom. The van der Waals surface area contributed by atoms with E-state index in [0.717, 1.165) is 28.3 Å². The van der Waals surface area contributed by atoms with Gasteiger partial charge in [-0.1, -0.05) is 18.2 Å². The molecule has 1 amide bonds. The Balaban J connectivity index is 1.40. The van der Waals surface area contributed by atoms with E-state index in [0.29, 0.717) is 34.1 Å². The van der Waals surface area contributed by atoms with Gasteiger partial charge < -0.3 is 24.3 Å². The van der Waals surface area contributed by atoms with Crippen LogP contribution >= 0.6 is 0 Å². The Morgan fingerprint density at radius 2 is 1.56 bits per heavy atom. The summed E-state index contributed by atoms with van der Waals surface area (Å²) in [5.41, 5.74) is 1.14. The molecule has 39 heavy (non-hydrogen) atoms. The Hall–Kier alpha value is -4.99. The third-order valence-electron chi connectivity index (χ3n) is 5.83. The molecule has 0 fully saturated rings. The average Bonchev–Trinajstić information content (AvgIpc) is 2.91. The summed E-state index contributed by atoms with van der Waals surface area (Å²) >= 11 is 0. The highest BCUT2D eigenvalue weighted by Crippen LogP contribution is 2.37. The molecule has 10 heteroatoms. The van der Waals surface area contributed by atoms with E-state index < -0.39 is 18.0 Å². The first-order chi connectivity index (χ1) is 18.7. The second kappa shape index (κ2) is 10.4. The molecule has 0 aliphatic rings. The molecule has 7 nitrogen and oxygen atoms in total. The summed E-state index contributed by atoms with van der Waals surface area (Å²) in [6.45, 7) is 0. The lowest BCUT2D eigenvalue weighted by atomic mass is 10.1. The van der Waals surface area contributed by atoms with Crippen LogP contribution in [0.15, 0.2) is 85.1 Å². The van der Waals surface area contributed by atoms with Crippen molar-refractivity contribution in [3.05, 3.63) is 90.6 Å². The normalized spacial score (nSPS) is 11.3. The number of benzene rings is 4. The number of hydrogen-bond acceptors (Lipinski definition) is 6. The summed E-state index contributed by atoms with van der Waals surface area (Å²) in [4.78, 5) is 17.2. The van der Waals surface area contributed by atoms with E-state index in [1.165, 1.54) is 12.1 Å². The number of nitrogens with one attached hydrogen (secondary N) is 1. The highest BCUT2D eigenvalue weighted by atomic mass is 19.4. The Morgan fingerprint density at radius 3 is 2.33 bits per heavy atom. The van der Waals surface area contributed by atoms with Crippen LogP contribution in [0.3, 0.4) is 0 Å². The van der Waals surface area contributed by atoms with Gasteiger partial charge >= 0.3 is 6.36 Å². The van der Waals surface area contributed by atoms with Crippen LogP contribution in [0.1, 0.15) is 10.4 Å². The molecule has 0 bridgehead atoms. The molecule has 1 N–H and O–H groups in total. The minimum absolute atomic E-state index is 0.163. The summed E-state index contributed by atoms with van der Waals surface area (Å²) in [7, 11) is 3.10. The van der Waals surface area contributed by atoms with Crippen molar-refractivity contribution in [1.29, 1.82) is 0 Å². The molecule has 0 saturated carbocycles. The third-order valence-corrected chi connectivity index (χ3v) is 5.83. The Labute approximate surface area is 220 Å². The number of aromatic nitrogens is 1. The molecule has 198 valence electrons. The van der Waals surface area contributed by atoms with Gasteiger partial charge in [0.2, 0.25) is 0 Å². The van der Waals surface area contributed by atoms with Crippen LogP contribution in [0.5, 0.6) is 28.7 Å². The number of hydrogen-bond donors (Lipinski definition) is 1. The monoisotopic (exact) mass is 534 g/mol. The van der Waals surface area contributed by atoms with Crippen molar-refractivity contribution in [2.75, 3.05) is 19.5 Å². The maximum absolute atomic E-state index is 12.9. The number of rotatable bonds is 7. The number of methoxy groups -OCH3 is 2. The zero-order chi connectivity index (χ0) is 27.6. The number of alkyl halides is 3. The largest absolute Gasteiger partial charge is 0.573 e. The van der Waals surface area contributed by atoms with Crippen LogP contribution in [0.4, 0.5) is 18.9 Å². The van der Waals surface area contributed by atoms with Gasteiger partial charge in [-0.3, -0.25) is 9.78 Å². The van der Waals surface area contributed by atoms with Crippen LogP contribution < -0.4 is 24.3 Å². The summed E-state index contributed by atoms with van der Waals surface area (Å²) in [6, 6.07) is 20.9. The van der Waals surface area contributed by atoms with Crippen LogP contribution in [0, 0.1) is 0 Å². The molecule has 0 unspecified atom stereocenters. The number of ether oxygens (including phenoxy) is 4. The second-order valence-corrected chi connectivity index (χ2v) is 8.39. The maximum Gasteiger partial charge on any atom is 0.573 e. The van der Waals surface area contributed by atoms with E-state index in [-0.39, 0.29) is 5.69 Å². The minimum Gasteiger partial charge on any atom is -0.493 e. The number of nitrogens with zero attached hydrogens (tertiary/aromatic N) is 1. The van der Waals surface area contributed by atoms with Gasteiger partial charge in [0.15, 0.2) is 11.5 Å². The highest BCUT2D eigenvalue weighted by Gasteiger charge is 2.31. The molecule has 0 spiro atoms. The number of pyridine rings is 1. The lowest BCUT2D eigenvalue weighted by Crippen LogP contribution is -2.17. The van der Waals surface area contributed by atoms with E-state index in [4.69, 9.17) is 14.2 Å². The molecular weight excluding hydrogens is 513 g/mol. The van der Waals surface area contributed by atoms with Crippen molar-refractivity contribution < 1.29 is 36.9 Å². The van der Waals surface area contributed by atoms with Gasteiger partial charge in [-0.15, -0.1) is 13.2 Å². The number of carbonyl (C=O) groups is 1. The quantitative estimate of drug-likeness (QED) is 0.235. The fourth-order valence-electron chi connectivity index (χ4n) is 4.07. The maximum atomic E-state index is 12.9. The molecule has 0 aliphatic heterocycles. The van der Waals surface area contributed by atoms with Crippen LogP contribution in [0.2, 0.25) is 0 Å². The van der Waals surface area contributed by atoms with Crippen molar-refractivity contribution in [3.8, 4) is 28.7 Å². The van der Waals surface area contributed by atoms with Gasteiger partial charge in [-0.05, 0) is 59.3 Å². The van der Waals surface area contributed by atoms with E-state index >= 15 is 0 Å². The Bertz CT molecular complexity index is 1690. The van der Waals surface area contributed by atoms with Gasteiger partial charge in [0.25, 0.3) is 5.91 Å². The van der Waals surface area contributed by atoms with Crippen molar-refractivity contribution in [3.63, 3.8) is 0 Å².